The van der Waals surface area contributed by atoms with E-state index in [4.69, 9.17) is 4.74 Å². The Kier molecular flexibility index (Phi) is 6.36. The summed E-state index contributed by atoms with van der Waals surface area (Å²) in [6.45, 7) is -0.506. The van der Waals surface area contributed by atoms with E-state index in [1.165, 1.54) is 18.2 Å². The van der Waals surface area contributed by atoms with Gasteiger partial charge in [0, 0.05) is 16.1 Å². The van der Waals surface area contributed by atoms with Crippen LogP contribution < -0.4 is 4.72 Å². The lowest BCUT2D eigenvalue weighted by molar-refractivity contribution is 0.0471. The average molecular weight is 496 g/mol. The lowest BCUT2D eigenvalue weighted by Crippen LogP contribution is -2.15. The molecule has 0 aliphatic rings. The molecule has 0 bridgehead atoms. The van der Waals surface area contributed by atoms with E-state index < -0.39 is 34.1 Å². The number of esters is 1. The van der Waals surface area contributed by atoms with Gasteiger partial charge < -0.3 is 9.84 Å². The molecule has 3 aromatic rings. The summed E-state index contributed by atoms with van der Waals surface area (Å²) < 4.78 is 32.4. The SMILES string of the molecule is O=C(OCC(=O)c1ccccc1Br)c1ccc(NS(=O)(=O)c2cccs2)cc1O. The van der Waals surface area contributed by atoms with Crippen molar-refractivity contribution >= 4 is 54.7 Å². The third kappa shape index (κ3) is 5.03. The van der Waals surface area contributed by atoms with Crippen LogP contribution in [0.4, 0.5) is 5.69 Å². The van der Waals surface area contributed by atoms with Crippen LogP contribution in [0.15, 0.2) is 68.7 Å². The van der Waals surface area contributed by atoms with Gasteiger partial charge in [-0.25, -0.2) is 13.2 Å². The van der Waals surface area contributed by atoms with E-state index in [-0.39, 0.29) is 15.5 Å². The molecule has 3 rings (SSSR count). The molecule has 150 valence electrons. The molecule has 0 aliphatic heterocycles. The Bertz CT molecular complexity index is 1160. The minimum atomic E-state index is -3.78. The van der Waals surface area contributed by atoms with Crippen molar-refractivity contribution in [3.8, 4) is 5.75 Å². The lowest BCUT2D eigenvalue weighted by atomic mass is 10.1. The van der Waals surface area contributed by atoms with E-state index in [2.05, 4.69) is 20.7 Å². The number of hydrogen-bond donors (Lipinski definition) is 2. The monoisotopic (exact) mass is 495 g/mol. The van der Waals surface area contributed by atoms with Crippen LogP contribution in [0.5, 0.6) is 5.75 Å². The van der Waals surface area contributed by atoms with E-state index >= 15 is 0 Å². The van der Waals surface area contributed by atoms with Gasteiger partial charge in [0.05, 0.1) is 5.69 Å². The molecule has 7 nitrogen and oxygen atoms in total. The second-order valence-electron chi connectivity index (χ2n) is 5.75. The molecule has 1 heterocycles. The van der Waals surface area contributed by atoms with Crippen molar-refractivity contribution < 1.29 is 27.9 Å². The maximum absolute atomic E-state index is 12.2. The number of phenols is 1. The van der Waals surface area contributed by atoms with E-state index in [0.29, 0.717) is 10.0 Å². The number of sulfonamides is 1. The van der Waals surface area contributed by atoms with Gasteiger partial charge in [-0.2, -0.15) is 0 Å². The number of carbonyl (C=O) groups excluding carboxylic acids is 2. The molecule has 0 fully saturated rings. The topological polar surface area (TPSA) is 110 Å². The number of phenolic OH excluding ortho intramolecular Hbond substituents is 1. The van der Waals surface area contributed by atoms with E-state index in [0.717, 1.165) is 17.4 Å². The Labute approximate surface area is 179 Å². The van der Waals surface area contributed by atoms with Crippen LogP contribution in [0.1, 0.15) is 20.7 Å². The van der Waals surface area contributed by atoms with Crippen molar-refractivity contribution in [1.29, 1.82) is 0 Å². The quantitative estimate of drug-likeness (QED) is 0.377. The zero-order chi connectivity index (χ0) is 21.0. The fourth-order valence-electron chi connectivity index (χ4n) is 2.36. The number of aromatic hydroxyl groups is 1. The molecule has 2 N–H and O–H groups in total. The van der Waals surface area contributed by atoms with Gasteiger partial charge in [0.25, 0.3) is 10.0 Å². The Morgan fingerprint density at radius 1 is 1.07 bits per heavy atom. The summed E-state index contributed by atoms with van der Waals surface area (Å²) in [5.74, 6) is -1.80. The van der Waals surface area contributed by atoms with Gasteiger partial charge >= 0.3 is 5.97 Å². The predicted octanol–water partition coefficient (Wildman–Crippen LogP) is 4.06. The number of thiophene rings is 1. The van der Waals surface area contributed by atoms with Crippen LogP contribution in [0.25, 0.3) is 0 Å². The fraction of sp³-hybridized carbons (Fsp3) is 0.0526. The molecule has 0 amide bonds. The number of anilines is 1. The van der Waals surface area contributed by atoms with Gasteiger partial charge in [0.2, 0.25) is 5.78 Å². The fourth-order valence-corrected chi connectivity index (χ4v) is 4.91. The lowest BCUT2D eigenvalue weighted by Gasteiger charge is -2.10. The van der Waals surface area contributed by atoms with Gasteiger partial charge in [-0.1, -0.05) is 40.2 Å². The van der Waals surface area contributed by atoms with Crippen molar-refractivity contribution in [2.75, 3.05) is 11.3 Å². The Balaban J connectivity index is 1.67. The number of nitrogens with one attached hydrogen (secondary N) is 1. The van der Waals surface area contributed by atoms with Crippen LogP contribution in [0.2, 0.25) is 0 Å². The van der Waals surface area contributed by atoms with Crippen LogP contribution in [0.3, 0.4) is 0 Å². The highest BCUT2D eigenvalue weighted by Gasteiger charge is 2.19. The minimum absolute atomic E-state index is 0.0803. The molecule has 29 heavy (non-hydrogen) atoms. The van der Waals surface area contributed by atoms with Crippen molar-refractivity contribution in [3.63, 3.8) is 0 Å². The van der Waals surface area contributed by atoms with Gasteiger partial charge in [0.1, 0.15) is 15.5 Å². The third-order valence-corrected chi connectivity index (χ3v) is 7.21. The number of halogens is 1. The van der Waals surface area contributed by atoms with E-state index in [9.17, 15) is 23.1 Å². The Morgan fingerprint density at radius 3 is 2.48 bits per heavy atom. The van der Waals surface area contributed by atoms with Gasteiger partial charge in [-0.05, 0) is 29.6 Å². The molecule has 0 saturated heterocycles. The smallest absolute Gasteiger partial charge is 0.342 e. The van der Waals surface area contributed by atoms with Gasteiger partial charge in [0.15, 0.2) is 6.61 Å². The van der Waals surface area contributed by atoms with Crippen molar-refractivity contribution in [2.45, 2.75) is 4.21 Å². The van der Waals surface area contributed by atoms with E-state index in [1.54, 1.807) is 35.7 Å². The molecule has 0 aliphatic carbocycles. The molecular formula is C19H14BrNO6S2. The van der Waals surface area contributed by atoms with Crippen LogP contribution in [-0.4, -0.2) is 31.9 Å². The summed E-state index contributed by atoms with van der Waals surface area (Å²) in [5.41, 5.74) is 0.253. The highest BCUT2D eigenvalue weighted by molar-refractivity contribution is 9.10. The van der Waals surface area contributed by atoms with Gasteiger partial charge in [-0.15, -0.1) is 11.3 Å². The molecule has 1 aromatic heterocycles. The number of Topliss-reactive ketones (excluding diaryl/α,β-unsaturated/α-hetero) is 1. The van der Waals surface area contributed by atoms with E-state index in [1.807, 2.05) is 0 Å². The zero-order valence-corrected chi connectivity index (χ0v) is 17.9. The van der Waals surface area contributed by atoms with Crippen molar-refractivity contribution in [3.05, 3.63) is 75.6 Å². The summed E-state index contributed by atoms with van der Waals surface area (Å²) in [6.07, 6.45) is 0. The maximum Gasteiger partial charge on any atom is 0.342 e. The first kappa shape index (κ1) is 21.0. The van der Waals surface area contributed by atoms with Crippen molar-refractivity contribution in [1.82, 2.24) is 0 Å². The molecule has 0 spiro atoms. The van der Waals surface area contributed by atoms with Crippen LogP contribution in [0, 0.1) is 0 Å². The molecule has 10 heteroatoms. The largest absolute Gasteiger partial charge is 0.507 e. The number of benzene rings is 2. The summed E-state index contributed by atoms with van der Waals surface area (Å²) in [7, 11) is -3.78. The zero-order valence-electron chi connectivity index (χ0n) is 14.7. The molecule has 0 radical (unpaired) electrons. The van der Waals surface area contributed by atoms with Crippen LogP contribution in [-0.2, 0) is 14.8 Å². The first-order valence-electron chi connectivity index (χ1n) is 8.12. The third-order valence-electron chi connectivity index (χ3n) is 3.74. The highest BCUT2D eigenvalue weighted by Crippen LogP contribution is 2.26. The Hall–Kier alpha value is -2.69. The molecule has 0 saturated carbocycles. The van der Waals surface area contributed by atoms with Crippen molar-refractivity contribution in [2.24, 2.45) is 0 Å². The predicted molar refractivity (Wildman–Crippen MR) is 112 cm³/mol. The average Bonchev–Trinajstić information content (AvgIpc) is 3.22. The highest BCUT2D eigenvalue weighted by atomic mass is 79.9. The van der Waals surface area contributed by atoms with Crippen LogP contribution >= 0.6 is 27.3 Å². The number of ketones is 1. The second-order valence-corrected chi connectivity index (χ2v) is 9.46. The normalized spacial score (nSPS) is 11.1. The standard InChI is InChI=1S/C19H14BrNO6S2/c20-15-5-2-1-4-13(15)17(23)11-27-19(24)14-8-7-12(10-16(14)22)21-29(25,26)18-6-3-9-28-18/h1-10,21-22H,11H2. The Morgan fingerprint density at radius 2 is 1.83 bits per heavy atom. The first-order chi connectivity index (χ1) is 13.8. The molecule has 2 aromatic carbocycles. The first-order valence-corrected chi connectivity index (χ1v) is 11.3. The maximum atomic E-state index is 12.2. The summed E-state index contributed by atoms with van der Waals surface area (Å²) in [6, 6.07) is 13.4. The number of rotatable bonds is 7. The summed E-state index contributed by atoms with van der Waals surface area (Å²) >= 11 is 4.30. The van der Waals surface area contributed by atoms with Gasteiger partial charge in [-0.3, -0.25) is 9.52 Å². The minimum Gasteiger partial charge on any atom is -0.507 e. The number of carbonyl (C=O) groups is 2. The summed E-state index contributed by atoms with van der Waals surface area (Å²) in [5, 5.41) is 11.7. The molecule has 0 unspecified atom stereocenters. The number of hydrogen-bond acceptors (Lipinski definition) is 7. The molecular weight excluding hydrogens is 482 g/mol. The summed E-state index contributed by atoms with van der Waals surface area (Å²) in [4.78, 5) is 24.4. The second kappa shape index (κ2) is 8.76. The number of ether oxygens (including phenoxy) is 1. The molecule has 0 atom stereocenters.